The first kappa shape index (κ1) is 11.9. The normalized spacial score (nSPS) is 25.4. The van der Waals surface area contributed by atoms with Crippen molar-refractivity contribution in [3.8, 4) is 0 Å². The topological polar surface area (TPSA) is 29.9 Å². The van der Waals surface area contributed by atoms with Crippen molar-refractivity contribution in [3.05, 3.63) is 40.6 Å². The van der Waals surface area contributed by atoms with E-state index < -0.39 is 0 Å². The van der Waals surface area contributed by atoms with Crippen LogP contribution >= 0.6 is 11.3 Å². The van der Waals surface area contributed by atoms with Gasteiger partial charge in [-0.3, -0.25) is 0 Å². The minimum atomic E-state index is 0.224. The van der Waals surface area contributed by atoms with Gasteiger partial charge in [0, 0.05) is 28.7 Å². The summed E-state index contributed by atoms with van der Waals surface area (Å²) in [6, 6.07) is 4.69. The zero-order valence-electron chi connectivity index (χ0n) is 10.9. The highest BCUT2D eigenvalue weighted by Crippen LogP contribution is 2.33. The summed E-state index contributed by atoms with van der Waals surface area (Å²) in [6.45, 7) is 6.75. The van der Waals surface area contributed by atoms with Crippen LogP contribution in [0.15, 0.2) is 30.0 Å². The van der Waals surface area contributed by atoms with Crippen LogP contribution in [0.1, 0.15) is 36.9 Å². The first-order chi connectivity index (χ1) is 8.71. The van der Waals surface area contributed by atoms with Crippen LogP contribution in [0.2, 0.25) is 0 Å². The third-order valence-electron chi connectivity index (χ3n) is 4.03. The van der Waals surface area contributed by atoms with Gasteiger partial charge in [0.2, 0.25) is 0 Å². The fraction of sp³-hybridized carbons (Fsp3) is 0.500. The molecule has 96 valence electrons. The molecule has 4 heteroatoms. The zero-order valence-corrected chi connectivity index (χ0v) is 11.7. The first-order valence-electron chi connectivity index (χ1n) is 6.47. The maximum atomic E-state index is 4.38. The van der Waals surface area contributed by atoms with E-state index in [0.29, 0.717) is 6.04 Å². The van der Waals surface area contributed by atoms with Crippen molar-refractivity contribution in [1.82, 2.24) is 14.9 Å². The number of thiophene rings is 1. The van der Waals surface area contributed by atoms with Gasteiger partial charge in [0.15, 0.2) is 0 Å². The van der Waals surface area contributed by atoms with Gasteiger partial charge in [0.05, 0.1) is 12.4 Å². The lowest BCUT2D eigenvalue weighted by Gasteiger charge is -2.26. The summed E-state index contributed by atoms with van der Waals surface area (Å²) in [4.78, 5) is 5.78. The van der Waals surface area contributed by atoms with Gasteiger partial charge in [-0.05, 0) is 31.3 Å². The molecular weight excluding hydrogens is 242 g/mol. The second kappa shape index (κ2) is 4.52. The molecule has 2 unspecified atom stereocenters. The lowest BCUT2D eigenvalue weighted by molar-refractivity contribution is 0.462. The Kier molecular flexibility index (Phi) is 2.99. The van der Waals surface area contributed by atoms with Gasteiger partial charge < -0.3 is 9.88 Å². The second-order valence-corrected chi connectivity index (χ2v) is 6.34. The molecule has 1 saturated heterocycles. The van der Waals surface area contributed by atoms with Gasteiger partial charge >= 0.3 is 0 Å². The van der Waals surface area contributed by atoms with Gasteiger partial charge in [0.25, 0.3) is 0 Å². The maximum Gasteiger partial charge on any atom is 0.0954 e. The quantitative estimate of drug-likeness (QED) is 0.920. The molecule has 0 aliphatic carbocycles. The Labute approximate surface area is 112 Å². The van der Waals surface area contributed by atoms with E-state index in [4.69, 9.17) is 0 Å². The number of hydrogen-bond donors (Lipinski definition) is 1. The van der Waals surface area contributed by atoms with Crippen molar-refractivity contribution in [2.45, 2.75) is 31.7 Å². The molecular formula is C14H19N3S. The molecule has 3 rings (SSSR count). The SMILES string of the molecule is CC(c1cccs1)n1cncc1C1(C)CCNC1. The Bertz CT molecular complexity index is 509. The number of aromatic nitrogens is 2. The predicted octanol–water partition coefficient (Wildman–Crippen LogP) is 2.80. The Morgan fingerprint density at radius 3 is 3.11 bits per heavy atom. The minimum Gasteiger partial charge on any atom is -0.326 e. The fourth-order valence-corrected chi connectivity index (χ4v) is 3.56. The van der Waals surface area contributed by atoms with E-state index >= 15 is 0 Å². The molecule has 0 bridgehead atoms. The average Bonchev–Trinajstić information content (AvgIpc) is 3.10. The molecule has 0 aromatic carbocycles. The van der Waals surface area contributed by atoms with Crippen LogP contribution in [0, 0.1) is 0 Å². The van der Waals surface area contributed by atoms with Crippen molar-refractivity contribution >= 4 is 11.3 Å². The van der Waals surface area contributed by atoms with Crippen LogP contribution in [0.5, 0.6) is 0 Å². The molecule has 0 spiro atoms. The second-order valence-electron chi connectivity index (χ2n) is 5.36. The molecule has 1 fully saturated rings. The van der Waals surface area contributed by atoms with Crippen LogP contribution in [0.4, 0.5) is 0 Å². The van der Waals surface area contributed by atoms with Crippen LogP contribution in [0.25, 0.3) is 0 Å². The molecule has 2 aromatic heterocycles. The average molecular weight is 261 g/mol. The monoisotopic (exact) mass is 261 g/mol. The van der Waals surface area contributed by atoms with E-state index in [1.54, 1.807) is 0 Å². The van der Waals surface area contributed by atoms with E-state index in [-0.39, 0.29) is 5.41 Å². The summed E-state index contributed by atoms with van der Waals surface area (Å²) in [6.07, 6.45) is 5.20. The largest absolute Gasteiger partial charge is 0.326 e. The lowest BCUT2D eigenvalue weighted by Crippen LogP contribution is -2.28. The van der Waals surface area contributed by atoms with Crippen molar-refractivity contribution in [2.75, 3.05) is 13.1 Å². The highest BCUT2D eigenvalue weighted by Gasteiger charge is 2.34. The lowest BCUT2D eigenvalue weighted by atomic mass is 9.86. The molecule has 0 radical (unpaired) electrons. The molecule has 1 N–H and O–H groups in total. The third-order valence-corrected chi connectivity index (χ3v) is 5.07. The fourth-order valence-electron chi connectivity index (χ4n) is 2.78. The highest BCUT2D eigenvalue weighted by atomic mass is 32.1. The first-order valence-corrected chi connectivity index (χ1v) is 7.35. The molecule has 0 saturated carbocycles. The number of hydrogen-bond acceptors (Lipinski definition) is 3. The van der Waals surface area contributed by atoms with Crippen molar-refractivity contribution in [2.24, 2.45) is 0 Å². The van der Waals surface area contributed by atoms with Crippen molar-refractivity contribution in [1.29, 1.82) is 0 Å². The van der Waals surface area contributed by atoms with Crippen LogP contribution in [-0.4, -0.2) is 22.6 Å². The smallest absolute Gasteiger partial charge is 0.0954 e. The summed E-state index contributed by atoms with van der Waals surface area (Å²) in [5.41, 5.74) is 1.58. The molecule has 1 aliphatic heterocycles. The Balaban J connectivity index is 1.96. The number of nitrogens with one attached hydrogen (secondary N) is 1. The van der Waals surface area contributed by atoms with Gasteiger partial charge in [-0.2, -0.15) is 0 Å². The van der Waals surface area contributed by atoms with Crippen molar-refractivity contribution < 1.29 is 0 Å². The summed E-state index contributed by atoms with van der Waals surface area (Å²) in [5, 5.41) is 5.60. The van der Waals surface area contributed by atoms with Gasteiger partial charge in [-0.1, -0.05) is 13.0 Å². The van der Waals surface area contributed by atoms with E-state index in [2.05, 4.69) is 46.2 Å². The number of nitrogens with zero attached hydrogens (tertiary/aromatic N) is 2. The maximum absolute atomic E-state index is 4.38. The molecule has 3 heterocycles. The summed E-state index contributed by atoms with van der Waals surface area (Å²) in [7, 11) is 0. The molecule has 0 amide bonds. The third kappa shape index (κ3) is 1.89. The summed E-state index contributed by atoms with van der Waals surface area (Å²) >= 11 is 1.82. The van der Waals surface area contributed by atoms with Gasteiger partial charge in [0.1, 0.15) is 0 Å². The molecule has 18 heavy (non-hydrogen) atoms. The van der Waals surface area contributed by atoms with Crippen LogP contribution in [0.3, 0.4) is 0 Å². The van der Waals surface area contributed by atoms with Gasteiger partial charge in [-0.25, -0.2) is 4.98 Å². The Morgan fingerprint density at radius 2 is 2.44 bits per heavy atom. The summed E-state index contributed by atoms with van der Waals surface area (Å²) < 4.78 is 2.33. The van der Waals surface area contributed by atoms with Crippen LogP contribution in [-0.2, 0) is 5.41 Å². The van der Waals surface area contributed by atoms with Crippen LogP contribution < -0.4 is 5.32 Å². The molecule has 2 aromatic rings. The standard InChI is InChI=1S/C14H19N3S/c1-11(12-4-3-7-18-12)17-10-16-8-13(17)14(2)5-6-15-9-14/h3-4,7-8,10-11,15H,5-6,9H2,1-2H3. The molecule has 1 aliphatic rings. The van der Waals surface area contributed by atoms with E-state index in [1.807, 2.05) is 23.9 Å². The summed E-state index contributed by atoms with van der Waals surface area (Å²) in [5.74, 6) is 0. The zero-order chi connectivity index (χ0) is 12.6. The Morgan fingerprint density at radius 1 is 1.56 bits per heavy atom. The molecule has 3 nitrogen and oxygen atoms in total. The van der Waals surface area contributed by atoms with E-state index in [1.165, 1.54) is 17.0 Å². The van der Waals surface area contributed by atoms with E-state index in [0.717, 1.165) is 13.1 Å². The van der Waals surface area contributed by atoms with Gasteiger partial charge in [-0.15, -0.1) is 11.3 Å². The van der Waals surface area contributed by atoms with Crippen molar-refractivity contribution in [3.63, 3.8) is 0 Å². The predicted molar refractivity (Wildman–Crippen MR) is 75.2 cm³/mol. The number of imidazole rings is 1. The highest BCUT2D eigenvalue weighted by molar-refractivity contribution is 7.10. The van der Waals surface area contributed by atoms with E-state index in [9.17, 15) is 0 Å². The Hall–Kier alpha value is -1.13. The minimum absolute atomic E-state index is 0.224. The molecule has 2 atom stereocenters. The number of rotatable bonds is 3.